The van der Waals surface area contributed by atoms with Crippen LogP contribution in [0.5, 0.6) is 0 Å². The number of carbonyl (C=O) groups excluding carboxylic acids is 2. The first-order valence-corrected chi connectivity index (χ1v) is 7.10. The lowest BCUT2D eigenvalue weighted by atomic mass is 10.2. The van der Waals surface area contributed by atoms with Crippen molar-refractivity contribution in [3.8, 4) is 0 Å². The van der Waals surface area contributed by atoms with Crippen LogP contribution in [-0.2, 0) is 20.9 Å². The number of benzene rings is 1. The van der Waals surface area contributed by atoms with E-state index >= 15 is 0 Å². The Balaban J connectivity index is 2.13. The van der Waals surface area contributed by atoms with Gasteiger partial charge >= 0.3 is 5.97 Å². The molecular weight excluding hydrogens is 280 g/mol. The Morgan fingerprint density at radius 2 is 1.70 bits per heavy atom. The molecule has 0 aliphatic heterocycles. The SMILES string of the molecule is O=C(O)CSCC(=O)NCC(=O)NCc1ccccc1. The fourth-order valence-corrected chi connectivity index (χ4v) is 1.88. The molecule has 6 nitrogen and oxygen atoms in total. The molecule has 1 aromatic carbocycles. The van der Waals surface area contributed by atoms with E-state index in [0.29, 0.717) is 6.54 Å². The zero-order valence-electron chi connectivity index (χ0n) is 10.8. The summed E-state index contributed by atoms with van der Waals surface area (Å²) < 4.78 is 0. The summed E-state index contributed by atoms with van der Waals surface area (Å²) in [6.45, 7) is 0.294. The van der Waals surface area contributed by atoms with Gasteiger partial charge in [-0.05, 0) is 5.56 Å². The average Bonchev–Trinajstić information content (AvgIpc) is 2.43. The van der Waals surface area contributed by atoms with Crippen LogP contribution in [0.3, 0.4) is 0 Å². The average molecular weight is 296 g/mol. The van der Waals surface area contributed by atoms with E-state index in [-0.39, 0.29) is 29.9 Å². The maximum Gasteiger partial charge on any atom is 0.313 e. The Labute approximate surface area is 120 Å². The highest BCUT2D eigenvalue weighted by atomic mass is 32.2. The zero-order valence-corrected chi connectivity index (χ0v) is 11.6. The summed E-state index contributed by atoms with van der Waals surface area (Å²) in [6.07, 6.45) is 0. The number of carboxylic acids is 1. The predicted octanol–water partition coefficient (Wildman–Crippen LogP) is 0.237. The van der Waals surface area contributed by atoms with Gasteiger partial charge in [0, 0.05) is 6.54 Å². The normalized spacial score (nSPS) is 9.80. The Bertz CT molecular complexity index is 465. The standard InChI is InChI=1S/C13H16N2O4S/c16-11(14-6-10-4-2-1-3-5-10)7-15-12(17)8-20-9-13(18)19/h1-5H,6-9H2,(H,14,16)(H,15,17)(H,18,19). The first kappa shape index (κ1) is 16.0. The highest BCUT2D eigenvalue weighted by Crippen LogP contribution is 1.98. The van der Waals surface area contributed by atoms with Crippen LogP contribution in [0, 0.1) is 0 Å². The van der Waals surface area contributed by atoms with Crippen molar-refractivity contribution >= 4 is 29.5 Å². The summed E-state index contributed by atoms with van der Waals surface area (Å²) >= 11 is 0.988. The van der Waals surface area contributed by atoms with Gasteiger partial charge in [-0.1, -0.05) is 30.3 Å². The summed E-state index contributed by atoms with van der Waals surface area (Å²) in [5, 5.41) is 13.5. The van der Waals surface area contributed by atoms with Crippen LogP contribution >= 0.6 is 11.8 Å². The Hall–Kier alpha value is -2.02. The first-order chi connectivity index (χ1) is 9.58. The minimum Gasteiger partial charge on any atom is -0.481 e. The summed E-state index contributed by atoms with van der Waals surface area (Å²) in [5.74, 6) is -1.72. The van der Waals surface area contributed by atoms with Crippen molar-refractivity contribution in [1.29, 1.82) is 0 Å². The molecule has 7 heteroatoms. The topological polar surface area (TPSA) is 95.5 Å². The second-order valence-electron chi connectivity index (χ2n) is 3.93. The van der Waals surface area contributed by atoms with E-state index in [4.69, 9.17) is 5.11 Å². The third-order valence-electron chi connectivity index (χ3n) is 2.24. The molecule has 0 unspecified atom stereocenters. The van der Waals surface area contributed by atoms with Gasteiger partial charge < -0.3 is 15.7 Å². The van der Waals surface area contributed by atoms with Gasteiger partial charge in [0.15, 0.2) is 0 Å². The van der Waals surface area contributed by atoms with Crippen molar-refractivity contribution in [2.45, 2.75) is 6.54 Å². The van der Waals surface area contributed by atoms with Gasteiger partial charge in [0.05, 0.1) is 18.1 Å². The highest BCUT2D eigenvalue weighted by Gasteiger charge is 2.06. The molecule has 0 fully saturated rings. The molecule has 20 heavy (non-hydrogen) atoms. The van der Waals surface area contributed by atoms with Crippen LogP contribution in [0.15, 0.2) is 30.3 Å². The molecular formula is C13H16N2O4S. The lowest BCUT2D eigenvalue weighted by Gasteiger charge is -2.06. The van der Waals surface area contributed by atoms with E-state index in [1.807, 2.05) is 30.3 Å². The quantitative estimate of drug-likeness (QED) is 0.638. The Morgan fingerprint density at radius 3 is 2.35 bits per heavy atom. The van der Waals surface area contributed by atoms with Gasteiger partial charge in [0.25, 0.3) is 0 Å². The molecule has 0 aliphatic rings. The summed E-state index contributed by atoms with van der Waals surface area (Å²) in [4.78, 5) is 33.0. The van der Waals surface area contributed by atoms with Gasteiger partial charge in [-0.25, -0.2) is 0 Å². The van der Waals surface area contributed by atoms with E-state index in [0.717, 1.165) is 17.3 Å². The van der Waals surface area contributed by atoms with Gasteiger partial charge in [-0.2, -0.15) is 0 Å². The number of rotatable bonds is 8. The lowest BCUT2D eigenvalue weighted by Crippen LogP contribution is -2.37. The van der Waals surface area contributed by atoms with Gasteiger partial charge in [-0.15, -0.1) is 11.8 Å². The van der Waals surface area contributed by atoms with Crippen LogP contribution in [0.2, 0.25) is 0 Å². The van der Waals surface area contributed by atoms with E-state index in [2.05, 4.69) is 10.6 Å². The summed E-state index contributed by atoms with van der Waals surface area (Å²) in [6, 6.07) is 9.43. The molecule has 0 heterocycles. The number of carboxylic acid groups (broad SMARTS) is 1. The molecule has 0 spiro atoms. The van der Waals surface area contributed by atoms with Crippen molar-refractivity contribution in [2.24, 2.45) is 0 Å². The fourth-order valence-electron chi connectivity index (χ4n) is 1.32. The van der Waals surface area contributed by atoms with E-state index in [9.17, 15) is 14.4 Å². The second-order valence-corrected chi connectivity index (χ2v) is 4.91. The van der Waals surface area contributed by atoms with Crippen LogP contribution in [-0.4, -0.2) is 40.9 Å². The number of hydrogen-bond acceptors (Lipinski definition) is 4. The van der Waals surface area contributed by atoms with Crippen molar-refractivity contribution in [1.82, 2.24) is 10.6 Å². The Kier molecular flexibility index (Phi) is 7.20. The van der Waals surface area contributed by atoms with Crippen LogP contribution in [0.1, 0.15) is 5.56 Å². The molecule has 0 aromatic heterocycles. The molecule has 1 aromatic rings. The number of aliphatic carboxylic acids is 1. The maximum atomic E-state index is 11.5. The van der Waals surface area contributed by atoms with E-state index < -0.39 is 5.97 Å². The minimum absolute atomic E-state index is 0.0261. The number of hydrogen-bond donors (Lipinski definition) is 3. The zero-order chi connectivity index (χ0) is 14.8. The lowest BCUT2D eigenvalue weighted by molar-refractivity contribution is -0.133. The summed E-state index contributed by atoms with van der Waals surface area (Å²) in [5.41, 5.74) is 0.976. The summed E-state index contributed by atoms with van der Waals surface area (Å²) in [7, 11) is 0. The van der Waals surface area contributed by atoms with E-state index in [1.165, 1.54) is 0 Å². The van der Waals surface area contributed by atoms with Crippen molar-refractivity contribution in [3.63, 3.8) is 0 Å². The van der Waals surface area contributed by atoms with Crippen LogP contribution in [0.4, 0.5) is 0 Å². The monoisotopic (exact) mass is 296 g/mol. The number of nitrogens with one attached hydrogen (secondary N) is 2. The molecule has 0 saturated carbocycles. The maximum absolute atomic E-state index is 11.5. The van der Waals surface area contributed by atoms with Crippen LogP contribution in [0.25, 0.3) is 0 Å². The van der Waals surface area contributed by atoms with Crippen molar-refractivity contribution < 1.29 is 19.5 Å². The Morgan fingerprint density at radius 1 is 1.00 bits per heavy atom. The number of amides is 2. The third kappa shape index (κ3) is 7.42. The number of carbonyl (C=O) groups is 3. The second kappa shape index (κ2) is 8.98. The molecule has 0 atom stereocenters. The minimum atomic E-state index is -0.969. The third-order valence-corrected chi connectivity index (χ3v) is 3.15. The van der Waals surface area contributed by atoms with Gasteiger partial charge in [0.1, 0.15) is 0 Å². The largest absolute Gasteiger partial charge is 0.481 e. The van der Waals surface area contributed by atoms with Gasteiger partial charge in [0.2, 0.25) is 11.8 Å². The first-order valence-electron chi connectivity index (χ1n) is 5.95. The highest BCUT2D eigenvalue weighted by molar-refractivity contribution is 8.00. The van der Waals surface area contributed by atoms with Gasteiger partial charge in [-0.3, -0.25) is 14.4 Å². The molecule has 0 radical (unpaired) electrons. The van der Waals surface area contributed by atoms with E-state index in [1.54, 1.807) is 0 Å². The molecule has 1 rings (SSSR count). The van der Waals surface area contributed by atoms with Crippen molar-refractivity contribution in [2.75, 3.05) is 18.1 Å². The van der Waals surface area contributed by atoms with Crippen molar-refractivity contribution in [3.05, 3.63) is 35.9 Å². The number of thioether (sulfide) groups is 1. The molecule has 0 saturated heterocycles. The molecule has 0 bridgehead atoms. The smallest absolute Gasteiger partial charge is 0.313 e. The molecule has 0 aliphatic carbocycles. The fraction of sp³-hybridized carbons (Fsp3) is 0.308. The molecule has 2 amide bonds. The van der Waals surface area contributed by atoms with Crippen LogP contribution < -0.4 is 10.6 Å². The predicted molar refractivity (Wildman–Crippen MR) is 76.3 cm³/mol. The molecule has 108 valence electrons. The molecule has 3 N–H and O–H groups in total.